The van der Waals surface area contributed by atoms with Crippen LogP contribution in [0.25, 0.3) is 0 Å². The Morgan fingerprint density at radius 2 is 2.00 bits per heavy atom. The summed E-state index contributed by atoms with van der Waals surface area (Å²) in [7, 11) is 0. The van der Waals surface area contributed by atoms with Crippen LogP contribution >= 0.6 is 27.5 Å². The zero-order valence-corrected chi connectivity index (χ0v) is 11.0. The average molecular weight is 278 g/mol. The van der Waals surface area contributed by atoms with E-state index in [0.29, 0.717) is 11.1 Å². The third-order valence-electron chi connectivity index (χ3n) is 1.90. The zero-order chi connectivity index (χ0) is 10.7. The third kappa shape index (κ3) is 2.67. The minimum absolute atomic E-state index is 0.362. The zero-order valence-electron chi connectivity index (χ0n) is 8.64. The van der Waals surface area contributed by atoms with Crippen LogP contribution in [0, 0.1) is 0 Å². The highest BCUT2D eigenvalue weighted by Gasteiger charge is 2.12. The first-order valence-corrected chi connectivity index (χ1v) is 5.95. The molecule has 0 spiro atoms. The largest absolute Gasteiger partial charge is 0.236 e. The Kier molecular flexibility index (Phi) is 4.32. The van der Waals surface area contributed by atoms with Crippen LogP contribution in [0.1, 0.15) is 44.6 Å². The lowest BCUT2D eigenvalue weighted by atomic mass is 10.1. The summed E-state index contributed by atoms with van der Waals surface area (Å²) in [6.45, 7) is 6.30. The molecule has 0 atom stereocenters. The molecule has 0 unspecified atom stereocenters. The summed E-state index contributed by atoms with van der Waals surface area (Å²) in [4.78, 5) is 8.69. The van der Waals surface area contributed by atoms with E-state index in [4.69, 9.17) is 11.6 Å². The van der Waals surface area contributed by atoms with Crippen LogP contribution in [0.15, 0.2) is 4.47 Å². The summed E-state index contributed by atoms with van der Waals surface area (Å²) in [6.07, 6.45) is 1.92. The summed E-state index contributed by atoms with van der Waals surface area (Å²) in [6, 6.07) is 0. The molecular weight excluding hydrogens is 263 g/mol. The van der Waals surface area contributed by atoms with E-state index in [1.165, 1.54) is 0 Å². The smallest absolute Gasteiger partial charge is 0.147 e. The standard InChI is InChI=1S/C10H14BrClN2/c1-4-5-7-13-9(6(2)3)8(11)10(12)14-7/h6H,4-5H2,1-3H3. The van der Waals surface area contributed by atoms with E-state index in [9.17, 15) is 0 Å². The van der Waals surface area contributed by atoms with Crippen molar-refractivity contribution in [2.45, 2.75) is 39.5 Å². The average Bonchev–Trinajstić information content (AvgIpc) is 2.11. The molecular formula is C10H14BrClN2. The first kappa shape index (κ1) is 11.9. The number of aryl methyl sites for hydroxylation is 1. The van der Waals surface area contributed by atoms with Gasteiger partial charge in [-0.3, -0.25) is 0 Å². The van der Waals surface area contributed by atoms with E-state index in [2.05, 4.69) is 46.7 Å². The Labute approximate surface area is 98.2 Å². The number of hydrogen-bond acceptors (Lipinski definition) is 2. The second kappa shape index (κ2) is 5.08. The van der Waals surface area contributed by atoms with Crippen LogP contribution in [-0.2, 0) is 6.42 Å². The highest BCUT2D eigenvalue weighted by atomic mass is 79.9. The van der Waals surface area contributed by atoms with Gasteiger partial charge in [0.2, 0.25) is 0 Å². The summed E-state index contributed by atoms with van der Waals surface area (Å²) in [5.41, 5.74) is 0.994. The number of aromatic nitrogens is 2. The number of hydrogen-bond donors (Lipinski definition) is 0. The van der Waals surface area contributed by atoms with Crippen molar-refractivity contribution in [3.8, 4) is 0 Å². The molecule has 1 aromatic heterocycles. The number of nitrogens with zero attached hydrogens (tertiary/aromatic N) is 2. The first-order valence-electron chi connectivity index (χ1n) is 4.78. The molecule has 0 saturated carbocycles. The van der Waals surface area contributed by atoms with Gasteiger partial charge in [0.05, 0.1) is 10.2 Å². The molecule has 1 aromatic rings. The Morgan fingerprint density at radius 3 is 2.50 bits per heavy atom. The maximum absolute atomic E-state index is 6.00. The van der Waals surface area contributed by atoms with Gasteiger partial charge in [-0.25, -0.2) is 9.97 Å². The predicted octanol–water partition coefficient (Wildman–Crippen LogP) is 3.97. The monoisotopic (exact) mass is 276 g/mol. The van der Waals surface area contributed by atoms with Crippen molar-refractivity contribution >= 4 is 27.5 Å². The van der Waals surface area contributed by atoms with Crippen LogP contribution in [0.3, 0.4) is 0 Å². The van der Waals surface area contributed by atoms with Crippen molar-refractivity contribution in [1.29, 1.82) is 0 Å². The highest BCUT2D eigenvalue weighted by molar-refractivity contribution is 9.10. The van der Waals surface area contributed by atoms with Crippen LogP contribution in [-0.4, -0.2) is 9.97 Å². The molecule has 0 bridgehead atoms. The topological polar surface area (TPSA) is 25.8 Å². The summed E-state index contributed by atoms with van der Waals surface area (Å²) < 4.78 is 0.828. The van der Waals surface area contributed by atoms with Crippen molar-refractivity contribution < 1.29 is 0 Å². The van der Waals surface area contributed by atoms with Gasteiger partial charge in [-0.05, 0) is 28.3 Å². The summed E-state index contributed by atoms with van der Waals surface area (Å²) >= 11 is 9.41. The lowest BCUT2D eigenvalue weighted by Crippen LogP contribution is -2.03. The molecule has 0 radical (unpaired) electrons. The van der Waals surface area contributed by atoms with Gasteiger partial charge < -0.3 is 0 Å². The maximum Gasteiger partial charge on any atom is 0.147 e. The van der Waals surface area contributed by atoms with Gasteiger partial charge >= 0.3 is 0 Å². The molecule has 14 heavy (non-hydrogen) atoms. The van der Waals surface area contributed by atoms with Gasteiger partial charge in [-0.2, -0.15) is 0 Å². The SMILES string of the molecule is CCCc1nc(Cl)c(Br)c(C(C)C)n1. The second-order valence-electron chi connectivity index (χ2n) is 3.53. The number of rotatable bonds is 3. The van der Waals surface area contributed by atoms with Gasteiger partial charge in [-0.1, -0.05) is 32.4 Å². The highest BCUT2D eigenvalue weighted by Crippen LogP contribution is 2.28. The van der Waals surface area contributed by atoms with Gasteiger partial charge in [0.25, 0.3) is 0 Å². The fraction of sp³-hybridized carbons (Fsp3) is 0.600. The molecule has 1 heterocycles. The molecule has 0 saturated heterocycles. The molecule has 0 fully saturated rings. The summed E-state index contributed by atoms with van der Waals surface area (Å²) in [5.74, 6) is 1.20. The van der Waals surface area contributed by atoms with E-state index >= 15 is 0 Å². The van der Waals surface area contributed by atoms with Crippen LogP contribution in [0.2, 0.25) is 5.15 Å². The molecule has 2 nitrogen and oxygen atoms in total. The van der Waals surface area contributed by atoms with Crippen LogP contribution < -0.4 is 0 Å². The quantitative estimate of drug-likeness (QED) is 0.781. The maximum atomic E-state index is 6.00. The molecule has 0 aromatic carbocycles. The molecule has 0 aliphatic rings. The molecule has 0 aliphatic carbocycles. The van der Waals surface area contributed by atoms with E-state index in [1.54, 1.807) is 0 Å². The molecule has 78 valence electrons. The lowest BCUT2D eigenvalue weighted by Gasteiger charge is -2.10. The Bertz CT molecular complexity index is 326. The molecule has 0 aliphatic heterocycles. The van der Waals surface area contributed by atoms with E-state index < -0.39 is 0 Å². The van der Waals surface area contributed by atoms with Crippen LogP contribution in [0.5, 0.6) is 0 Å². The van der Waals surface area contributed by atoms with Crippen molar-refractivity contribution in [3.63, 3.8) is 0 Å². The second-order valence-corrected chi connectivity index (χ2v) is 4.69. The van der Waals surface area contributed by atoms with Gasteiger partial charge in [-0.15, -0.1) is 0 Å². The Morgan fingerprint density at radius 1 is 1.36 bits per heavy atom. The molecule has 0 N–H and O–H groups in total. The minimum atomic E-state index is 0.362. The van der Waals surface area contributed by atoms with Crippen molar-refractivity contribution in [1.82, 2.24) is 9.97 Å². The molecule has 0 amide bonds. The summed E-state index contributed by atoms with van der Waals surface area (Å²) in [5, 5.41) is 0.521. The molecule has 4 heteroatoms. The van der Waals surface area contributed by atoms with E-state index in [1.807, 2.05) is 0 Å². The first-order chi connectivity index (χ1) is 6.56. The van der Waals surface area contributed by atoms with Crippen molar-refractivity contribution in [2.75, 3.05) is 0 Å². The predicted molar refractivity (Wildman–Crippen MR) is 62.8 cm³/mol. The van der Waals surface area contributed by atoms with E-state index in [0.717, 1.165) is 28.8 Å². The van der Waals surface area contributed by atoms with Crippen LogP contribution in [0.4, 0.5) is 0 Å². The Balaban J connectivity index is 3.14. The minimum Gasteiger partial charge on any atom is -0.236 e. The Hall–Kier alpha value is -0.150. The number of halogens is 2. The lowest BCUT2D eigenvalue weighted by molar-refractivity contribution is 0.757. The molecule has 1 rings (SSSR count). The van der Waals surface area contributed by atoms with Gasteiger partial charge in [0.1, 0.15) is 11.0 Å². The normalized spacial score (nSPS) is 11.0. The van der Waals surface area contributed by atoms with Crippen molar-refractivity contribution in [2.24, 2.45) is 0 Å². The van der Waals surface area contributed by atoms with Crippen molar-refractivity contribution in [3.05, 3.63) is 21.1 Å². The van der Waals surface area contributed by atoms with Gasteiger partial charge in [0, 0.05) is 6.42 Å². The van der Waals surface area contributed by atoms with E-state index in [-0.39, 0.29) is 0 Å². The fourth-order valence-electron chi connectivity index (χ4n) is 1.20. The van der Waals surface area contributed by atoms with Gasteiger partial charge in [0.15, 0.2) is 0 Å². The fourth-order valence-corrected chi connectivity index (χ4v) is 2.03. The third-order valence-corrected chi connectivity index (χ3v) is 3.19.